The predicted octanol–water partition coefficient (Wildman–Crippen LogP) is 1.10. The third-order valence-corrected chi connectivity index (χ3v) is 8.46. The minimum absolute atomic E-state index is 0. The molecule has 1 atom stereocenters. The molecule has 0 saturated carbocycles. The summed E-state index contributed by atoms with van der Waals surface area (Å²) >= 11 is 0. The first kappa shape index (κ1) is 25.0. The highest BCUT2D eigenvalue weighted by atomic mass is 79.9. The number of nitrogens with one attached hydrogen (secondary N) is 1. The molecule has 1 aliphatic carbocycles. The number of carbonyl (C=O) groups is 1. The summed E-state index contributed by atoms with van der Waals surface area (Å²) in [6, 6.07) is 25.5. The van der Waals surface area contributed by atoms with E-state index in [1.807, 2.05) is 78.9 Å². The van der Waals surface area contributed by atoms with Gasteiger partial charge in [0.1, 0.15) is 5.75 Å². The van der Waals surface area contributed by atoms with Crippen molar-refractivity contribution in [2.75, 3.05) is 32.8 Å². The SMILES string of the molecule is O=C(NC1C[N+]2(CCCOc3ccccc3)CCC1CC2)C1(O)c2ccccc2-c2ccccc21.[Br-]. The Bertz CT molecular complexity index is 1180. The van der Waals surface area contributed by atoms with E-state index in [0.29, 0.717) is 23.7 Å². The Morgan fingerprint density at radius 1 is 0.917 bits per heavy atom. The Morgan fingerprint density at radius 3 is 2.14 bits per heavy atom. The molecule has 3 aromatic rings. The fourth-order valence-corrected chi connectivity index (χ4v) is 6.60. The highest BCUT2D eigenvalue weighted by Gasteiger charge is 2.51. The first-order chi connectivity index (χ1) is 17.1. The Hall–Kier alpha value is -2.67. The van der Waals surface area contributed by atoms with Crippen LogP contribution in [-0.4, -0.2) is 54.3 Å². The average Bonchev–Trinajstić information content (AvgIpc) is 3.18. The molecule has 0 aromatic heterocycles. The summed E-state index contributed by atoms with van der Waals surface area (Å²) in [6.45, 7) is 5.03. The molecule has 3 fully saturated rings. The van der Waals surface area contributed by atoms with Crippen LogP contribution < -0.4 is 27.0 Å². The van der Waals surface area contributed by atoms with Crippen molar-refractivity contribution in [3.63, 3.8) is 0 Å². The number of hydrogen-bond donors (Lipinski definition) is 2. The summed E-state index contributed by atoms with van der Waals surface area (Å²) in [5, 5.41) is 15.2. The lowest BCUT2D eigenvalue weighted by Crippen LogP contribution is -3.00. The molecule has 3 saturated heterocycles. The van der Waals surface area contributed by atoms with E-state index in [2.05, 4.69) is 5.32 Å². The van der Waals surface area contributed by atoms with Crippen molar-refractivity contribution >= 4 is 5.91 Å². The molecule has 2 N–H and O–H groups in total. The van der Waals surface area contributed by atoms with Crippen molar-refractivity contribution in [2.45, 2.75) is 30.9 Å². The maximum absolute atomic E-state index is 13.8. The number of fused-ring (bicyclic) bond motifs is 6. The van der Waals surface area contributed by atoms with Gasteiger partial charge in [-0.3, -0.25) is 4.79 Å². The van der Waals surface area contributed by atoms with Crippen LogP contribution >= 0.6 is 0 Å². The lowest BCUT2D eigenvalue weighted by Gasteiger charge is -2.53. The molecule has 1 unspecified atom stereocenters. The smallest absolute Gasteiger partial charge is 0.261 e. The maximum atomic E-state index is 13.8. The van der Waals surface area contributed by atoms with Gasteiger partial charge in [-0.1, -0.05) is 66.7 Å². The van der Waals surface area contributed by atoms with E-state index in [1.54, 1.807) is 0 Å². The zero-order valence-electron chi connectivity index (χ0n) is 20.4. The lowest BCUT2D eigenvalue weighted by atomic mass is 9.80. The maximum Gasteiger partial charge on any atom is 0.261 e. The molecule has 5 nitrogen and oxygen atoms in total. The topological polar surface area (TPSA) is 58.6 Å². The van der Waals surface area contributed by atoms with Crippen LogP contribution in [0.2, 0.25) is 0 Å². The van der Waals surface area contributed by atoms with Gasteiger partial charge in [0.25, 0.3) is 5.91 Å². The number of ether oxygens (including phenoxy) is 1. The van der Waals surface area contributed by atoms with Crippen LogP contribution in [0, 0.1) is 5.92 Å². The summed E-state index contributed by atoms with van der Waals surface area (Å²) in [5.74, 6) is 1.11. The highest BCUT2D eigenvalue weighted by molar-refractivity contribution is 5.98. The molecule has 3 aromatic carbocycles. The first-order valence-electron chi connectivity index (χ1n) is 12.8. The van der Waals surface area contributed by atoms with Crippen LogP contribution in [0.5, 0.6) is 5.75 Å². The van der Waals surface area contributed by atoms with E-state index < -0.39 is 5.60 Å². The van der Waals surface area contributed by atoms with Crippen LogP contribution in [-0.2, 0) is 10.4 Å². The molecule has 4 aliphatic rings. The van der Waals surface area contributed by atoms with Gasteiger partial charge >= 0.3 is 0 Å². The number of amides is 1. The Kier molecular flexibility index (Phi) is 6.95. The molecule has 3 aliphatic heterocycles. The number of quaternary nitrogens is 1. The minimum Gasteiger partial charge on any atom is -1.00 e. The Balaban J connectivity index is 0.00000267. The number of piperidine rings is 3. The number of carbonyl (C=O) groups excluding carboxylic acids is 1. The largest absolute Gasteiger partial charge is 1.00 e. The summed E-state index contributed by atoms with van der Waals surface area (Å²) in [5.41, 5.74) is 1.60. The van der Waals surface area contributed by atoms with E-state index >= 15 is 0 Å². The Labute approximate surface area is 223 Å². The molecular formula is C30H33BrN2O3. The monoisotopic (exact) mass is 548 g/mol. The number of aliphatic hydroxyl groups is 1. The molecule has 188 valence electrons. The second kappa shape index (κ2) is 10.0. The summed E-state index contributed by atoms with van der Waals surface area (Å²) in [6.07, 6.45) is 3.23. The van der Waals surface area contributed by atoms with Crippen LogP contribution in [0.4, 0.5) is 0 Å². The van der Waals surface area contributed by atoms with Gasteiger partial charge < -0.3 is 36.6 Å². The lowest BCUT2D eigenvalue weighted by molar-refractivity contribution is -0.944. The Morgan fingerprint density at radius 2 is 1.50 bits per heavy atom. The third-order valence-electron chi connectivity index (χ3n) is 8.46. The first-order valence-corrected chi connectivity index (χ1v) is 12.8. The van der Waals surface area contributed by atoms with Crippen molar-refractivity contribution in [3.8, 4) is 16.9 Å². The van der Waals surface area contributed by atoms with Gasteiger partial charge in [0, 0.05) is 30.4 Å². The van der Waals surface area contributed by atoms with E-state index in [1.165, 1.54) is 0 Å². The van der Waals surface area contributed by atoms with E-state index in [-0.39, 0.29) is 28.9 Å². The standard InChI is InChI=1S/C30H32N2O3.BrH/c33-29(30(34)26-13-6-4-11-24(26)25-12-5-7-14-27(25)30)31-28-21-32(18-15-22(28)16-19-32)17-8-20-35-23-9-2-1-3-10-23;/h1-7,9-14,22,28,34H,8,15-21H2;1H. The normalized spacial score (nSPS) is 24.8. The van der Waals surface area contributed by atoms with Crippen LogP contribution in [0.25, 0.3) is 11.1 Å². The summed E-state index contributed by atoms with van der Waals surface area (Å²) < 4.78 is 6.96. The van der Waals surface area contributed by atoms with Crippen LogP contribution in [0.15, 0.2) is 78.9 Å². The number of para-hydroxylation sites is 1. The zero-order chi connectivity index (χ0) is 23.9. The van der Waals surface area contributed by atoms with Gasteiger partial charge in [0.15, 0.2) is 5.60 Å². The molecule has 6 heteroatoms. The van der Waals surface area contributed by atoms with E-state index in [0.717, 1.165) is 66.8 Å². The summed E-state index contributed by atoms with van der Waals surface area (Å²) in [4.78, 5) is 13.8. The van der Waals surface area contributed by atoms with Gasteiger partial charge in [0.2, 0.25) is 0 Å². The van der Waals surface area contributed by atoms with Gasteiger partial charge in [-0.2, -0.15) is 0 Å². The number of halogens is 1. The number of nitrogens with zero attached hydrogens (tertiary/aromatic N) is 1. The van der Waals surface area contributed by atoms with Crippen molar-refractivity contribution in [1.29, 1.82) is 0 Å². The van der Waals surface area contributed by atoms with Crippen molar-refractivity contribution < 1.29 is 36.1 Å². The number of benzene rings is 3. The van der Waals surface area contributed by atoms with Gasteiger partial charge in [-0.25, -0.2) is 0 Å². The second-order valence-corrected chi connectivity index (χ2v) is 10.4. The third kappa shape index (κ3) is 4.25. The molecule has 7 rings (SSSR count). The van der Waals surface area contributed by atoms with Gasteiger partial charge in [0.05, 0.1) is 38.8 Å². The van der Waals surface area contributed by atoms with Crippen LogP contribution in [0.3, 0.4) is 0 Å². The van der Waals surface area contributed by atoms with Gasteiger partial charge in [-0.05, 0) is 29.2 Å². The second-order valence-electron chi connectivity index (χ2n) is 10.4. The quantitative estimate of drug-likeness (QED) is 0.343. The molecule has 2 bridgehead atoms. The molecule has 0 radical (unpaired) electrons. The van der Waals surface area contributed by atoms with E-state index in [4.69, 9.17) is 4.74 Å². The fraction of sp³-hybridized carbons (Fsp3) is 0.367. The minimum atomic E-state index is -1.65. The van der Waals surface area contributed by atoms with Crippen molar-refractivity contribution in [2.24, 2.45) is 5.92 Å². The van der Waals surface area contributed by atoms with Crippen molar-refractivity contribution in [1.82, 2.24) is 5.32 Å². The van der Waals surface area contributed by atoms with Crippen molar-refractivity contribution in [3.05, 3.63) is 90.0 Å². The molecule has 1 amide bonds. The molecule has 3 heterocycles. The number of rotatable bonds is 7. The van der Waals surface area contributed by atoms with Crippen LogP contribution in [0.1, 0.15) is 30.4 Å². The molecule has 0 spiro atoms. The highest BCUT2D eigenvalue weighted by Crippen LogP contribution is 2.47. The zero-order valence-corrected chi connectivity index (χ0v) is 22.0. The molecular weight excluding hydrogens is 516 g/mol. The predicted molar refractivity (Wildman–Crippen MR) is 136 cm³/mol. The van der Waals surface area contributed by atoms with E-state index in [9.17, 15) is 9.90 Å². The van der Waals surface area contributed by atoms with Gasteiger partial charge in [-0.15, -0.1) is 0 Å². The fourth-order valence-electron chi connectivity index (χ4n) is 6.60. The average molecular weight is 550 g/mol. The molecule has 36 heavy (non-hydrogen) atoms. The number of hydrogen-bond acceptors (Lipinski definition) is 3. The summed E-state index contributed by atoms with van der Waals surface area (Å²) in [7, 11) is 0.